The second-order valence-electron chi connectivity index (χ2n) is 5.02. The average Bonchev–Trinajstić information content (AvgIpc) is 2.34. The number of halogens is 1. The zero-order valence-electron chi connectivity index (χ0n) is 11.6. The molecular weight excluding hydrogens is 290 g/mol. The summed E-state index contributed by atoms with van der Waals surface area (Å²) in [7, 11) is 1.69. The van der Waals surface area contributed by atoms with Crippen LogP contribution >= 0.6 is 15.9 Å². The first-order chi connectivity index (χ1) is 8.63. The summed E-state index contributed by atoms with van der Waals surface area (Å²) in [6, 6.07) is 6.11. The van der Waals surface area contributed by atoms with Gasteiger partial charge in [-0.2, -0.15) is 0 Å². The van der Waals surface area contributed by atoms with E-state index in [2.05, 4.69) is 41.2 Å². The predicted molar refractivity (Wildman–Crippen MR) is 81.1 cm³/mol. The molecule has 102 valence electrons. The Bertz CT molecular complexity index is 352. The lowest BCUT2D eigenvalue weighted by Crippen LogP contribution is -2.15. The Labute approximate surface area is 119 Å². The Morgan fingerprint density at radius 3 is 2.67 bits per heavy atom. The van der Waals surface area contributed by atoms with E-state index in [9.17, 15) is 0 Å². The quantitative estimate of drug-likeness (QED) is 0.719. The largest absolute Gasteiger partial charge is 0.497 e. The summed E-state index contributed by atoms with van der Waals surface area (Å²) >= 11 is 3.57. The fourth-order valence-electron chi connectivity index (χ4n) is 1.82. The van der Waals surface area contributed by atoms with Crippen LogP contribution in [0.4, 0.5) is 0 Å². The van der Waals surface area contributed by atoms with Crippen LogP contribution < -0.4 is 10.1 Å². The molecule has 1 aromatic rings. The van der Waals surface area contributed by atoms with Crippen molar-refractivity contribution in [2.75, 3.05) is 13.7 Å². The van der Waals surface area contributed by atoms with Gasteiger partial charge in [-0.15, -0.1) is 0 Å². The van der Waals surface area contributed by atoms with Gasteiger partial charge in [0.2, 0.25) is 0 Å². The number of nitrogens with one attached hydrogen (secondary N) is 1. The van der Waals surface area contributed by atoms with Gasteiger partial charge < -0.3 is 10.1 Å². The van der Waals surface area contributed by atoms with E-state index in [1.54, 1.807) is 7.11 Å². The molecule has 0 saturated carbocycles. The summed E-state index contributed by atoms with van der Waals surface area (Å²) in [5, 5.41) is 3.48. The van der Waals surface area contributed by atoms with Gasteiger partial charge in [0, 0.05) is 11.0 Å². The fourth-order valence-corrected chi connectivity index (χ4v) is 2.32. The third kappa shape index (κ3) is 5.87. The summed E-state index contributed by atoms with van der Waals surface area (Å²) in [5.41, 5.74) is 1.28. The molecule has 18 heavy (non-hydrogen) atoms. The second-order valence-corrected chi connectivity index (χ2v) is 5.88. The predicted octanol–water partition coefficient (Wildman–Crippen LogP) is 4.37. The normalized spacial score (nSPS) is 10.9. The molecule has 1 aromatic carbocycles. The van der Waals surface area contributed by atoms with Crippen LogP contribution in [0.3, 0.4) is 0 Å². The van der Waals surface area contributed by atoms with Gasteiger partial charge in [-0.05, 0) is 36.6 Å². The van der Waals surface area contributed by atoms with Gasteiger partial charge in [0.05, 0.1) is 7.11 Å². The Kier molecular flexibility index (Phi) is 7.36. The first-order valence-corrected chi connectivity index (χ1v) is 7.46. The Balaban J connectivity index is 2.23. The topological polar surface area (TPSA) is 21.3 Å². The van der Waals surface area contributed by atoms with E-state index in [1.165, 1.54) is 24.8 Å². The number of ether oxygens (including phenoxy) is 1. The average molecular weight is 314 g/mol. The van der Waals surface area contributed by atoms with Crippen LogP contribution in [0.1, 0.15) is 38.7 Å². The molecule has 0 aliphatic heterocycles. The summed E-state index contributed by atoms with van der Waals surface area (Å²) in [6.45, 7) is 6.56. The molecule has 0 aliphatic carbocycles. The molecule has 0 heterocycles. The second kappa shape index (κ2) is 8.54. The lowest BCUT2D eigenvalue weighted by atomic mass is 10.1. The molecule has 0 radical (unpaired) electrons. The maximum atomic E-state index is 5.18. The summed E-state index contributed by atoms with van der Waals surface area (Å²) in [4.78, 5) is 0. The highest BCUT2D eigenvalue weighted by Gasteiger charge is 2.01. The number of unbranched alkanes of at least 4 members (excludes halogenated alkanes) is 1. The van der Waals surface area contributed by atoms with E-state index in [-0.39, 0.29) is 0 Å². The van der Waals surface area contributed by atoms with Crippen molar-refractivity contribution in [1.29, 1.82) is 0 Å². The van der Waals surface area contributed by atoms with Gasteiger partial charge in [0.25, 0.3) is 0 Å². The van der Waals surface area contributed by atoms with E-state index in [0.29, 0.717) is 0 Å². The SMILES string of the molecule is COc1ccc(CNCCCCC(C)C)c(Br)c1. The minimum atomic E-state index is 0.820. The van der Waals surface area contributed by atoms with Crippen LogP contribution in [-0.2, 0) is 6.54 Å². The van der Waals surface area contributed by atoms with Crippen molar-refractivity contribution in [2.24, 2.45) is 5.92 Å². The standard InChI is InChI=1S/C15H24BrNO/c1-12(2)6-4-5-9-17-11-13-7-8-14(18-3)10-15(13)16/h7-8,10,12,17H,4-6,9,11H2,1-3H3. The van der Waals surface area contributed by atoms with Crippen LogP contribution in [0.15, 0.2) is 22.7 Å². The molecule has 0 bridgehead atoms. The number of hydrogen-bond acceptors (Lipinski definition) is 2. The molecule has 0 aromatic heterocycles. The van der Waals surface area contributed by atoms with Crippen LogP contribution in [-0.4, -0.2) is 13.7 Å². The van der Waals surface area contributed by atoms with E-state index in [0.717, 1.165) is 29.2 Å². The molecule has 0 fully saturated rings. The number of methoxy groups -OCH3 is 1. The molecule has 1 rings (SSSR count). The smallest absolute Gasteiger partial charge is 0.120 e. The molecule has 2 nitrogen and oxygen atoms in total. The van der Waals surface area contributed by atoms with Gasteiger partial charge in [0.15, 0.2) is 0 Å². The first kappa shape index (κ1) is 15.5. The molecule has 0 unspecified atom stereocenters. The van der Waals surface area contributed by atoms with Gasteiger partial charge in [-0.1, -0.05) is 48.7 Å². The molecule has 3 heteroatoms. The third-order valence-corrected chi connectivity index (χ3v) is 3.70. The summed E-state index contributed by atoms with van der Waals surface area (Å²) in [6.07, 6.45) is 3.90. The maximum absolute atomic E-state index is 5.18. The molecule has 0 spiro atoms. The first-order valence-electron chi connectivity index (χ1n) is 6.66. The van der Waals surface area contributed by atoms with Crippen molar-refractivity contribution in [3.63, 3.8) is 0 Å². The van der Waals surface area contributed by atoms with Gasteiger partial charge in [0.1, 0.15) is 5.75 Å². The van der Waals surface area contributed by atoms with Crippen molar-refractivity contribution in [1.82, 2.24) is 5.32 Å². The van der Waals surface area contributed by atoms with Gasteiger partial charge >= 0.3 is 0 Å². The van der Waals surface area contributed by atoms with E-state index >= 15 is 0 Å². The van der Waals surface area contributed by atoms with Crippen molar-refractivity contribution in [3.05, 3.63) is 28.2 Å². The van der Waals surface area contributed by atoms with Crippen molar-refractivity contribution < 1.29 is 4.74 Å². The van der Waals surface area contributed by atoms with Crippen molar-refractivity contribution in [2.45, 2.75) is 39.7 Å². The minimum Gasteiger partial charge on any atom is -0.497 e. The van der Waals surface area contributed by atoms with Crippen LogP contribution in [0.25, 0.3) is 0 Å². The minimum absolute atomic E-state index is 0.820. The van der Waals surface area contributed by atoms with Crippen LogP contribution in [0.5, 0.6) is 5.75 Å². The Morgan fingerprint density at radius 1 is 1.28 bits per heavy atom. The van der Waals surface area contributed by atoms with Crippen molar-refractivity contribution in [3.8, 4) is 5.75 Å². The number of benzene rings is 1. The highest BCUT2D eigenvalue weighted by atomic mass is 79.9. The molecular formula is C15H24BrNO. The summed E-state index contributed by atoms with van der Waals surface area (Å²) in [5.74, 6) is 1.71. The molecule has 0 atom stereocenters. The van der Waals surface area contributed by atoms with E-state index in [4.69, 9.17) is 4.74 Å². The van der Waals surface area contributed by atoms with Crippen LogP contribution in [0, 0.1) is 5.92 Å². The lowest BCUT2D eigenvalue weighted by molar-refractivity contribution is 0.414. The van der Waals surface area contributed by atoms with E-state index in [1.807, 2.05) is 12.1 Å². The summed E-state index contributed by atoms with van der Waals surface area (Å²) < 4.78 is 6.29. The molecule has 0 amide bonds. The molecule has 0 aliphatic rings. The monoisotopic (exact) mass is 313 g/mol. The van der Waals surface area contributed by atoms with E-state index < -0.39 is 0 Å². The maximum Gasteiger partial charge on any atom is 0.120 e. The number of hydrogen-bond donors (Lipinski definition) is 1. The Hall–Kier alpha value is -0.540. The third-order valence-electron chi connectivity index (χ3n) is 2.96. The molecule has 0 saturated heterocycles. The van der Waals surface area contributed by atoms with Crippen LogP contribution in [0.2, 0.25) is 0 Å². The highest BCUT2D eigenvalue weighted by molar-refractivity contribution is 9.10. The lowest BCUT2D eigenvalue weighted by Gasteiger charge is -2.09. The zero-order chi connectivity index (χ0) is 13.4. The zero-order valence-corrected chi connectivity index (χ0v) is 13.2. The highest BCUT2D eigenvalue weighted by Crippen LogP contribution is 2.22. The molecule has 1 N–H and O–H groups in total. The van der Waals surface area contributed by atoms with Gasteiger partial charge in [-0.25, -0.2) is 0 Å². The fraction of sp³-hybridized carbons (Fsp3) is 0.600. The van der Waals surface area contributed by atoms with Gasteiger partial charge in [-0.3, -0.25) is 0 Å². The number of rotatable bonds is 8. The Morgan fingerprint density at radius 2 is 2.06 bits per heavy atom. The van der Waals surface area contributed by atoms with Crippen molar-refractivity contribution >= 4 is 15.9 Å².